The predicted molar refractivity (Wildman–Crippen MR) is 100 cm³/mol. The number of nitrogens with one attached hydrogen (secondary N) is 1. The number of hydrogen-bond acceptors (Lipinski definition) is 2. The van der Waals surface area contributed by atoms with Gasteiger partial charge < -0.3 is 9.97 Å². The van der Waals surface area contributed by atoms with Gasteiger partial charge in [0.1, 0.15) is 0 Å². The molecule has 0 amide bonds. The molecule has 0 saturated carbocycles. The van der Waals surface area contributed by atoms with Crippen LogP contribution in [0.2, 0.25) is 19.6 Å². The highest BCUT2D eigenvalue weighted by molar-refractivity contribution is 6.75. The van der Waals surface area contributed by atoms with Gasteiger partial charge in [-0.05, 0) is 50.3 Å². The van der Waals surface area contributed by atoms with Crippen LogP contribution in [0.15, 0.2) is 77.1 Å². The third kappa shape index (κ3) is 5.33. The smallest absolute Gasteiger partial charge is 0.173 e. The summed E-state index contributed by atoms with van der Waals surface area (Å²) in [4.78, 5) is 0. The SMILES string of the molecule is CC(=CC(=N[Si](C)(C)C)c1ccccc1)Nc1ccccc1. The van der Waals surface area contributed by atoms with E-state index in [1.54, 1.807) is 0 Å². The lowest BCUT2D eigenvalue weighted by atomic mass is 10.1. The van der Waals surface area contributed by atoms with Crippen molar-refractivity contribution in [3.63, 3.8) is 0 Å². The van der Waals surface area contributed by atoms with Crippen LogP contribution in [0.1, 0.15) is 12.5 Å². The van der Waals surface area contributed by atoms with E-state index in [2.05, 4.69) is 74.4 Å². The average molecular weight is 309 g/mol. The molecule has 1 N–H and O–H groups in total. The van der Waals surface area contributed by atoms with Crippen molar-refractivity contribution in [1.82, 2.24) is 0 Å². The molecule has 0 heterocycles. The van der Waals surface area contributed by atoms with Gasteiger partial charge in [0.15, 0.2) is 8.24 Å². The Hall–Kier alpha value is -2.13. The molecule has 2 aromatic rings. The summed E-state index contributed by atoms with van der Waals surface area (Å²) in [6.07, 6.45) is 2.14. The van der Waals surface area contributed by atoms with Crippen molar-refractivity contribution in [2.75, 3.05) is 5.32 Å². The minimum Gasteiger partial charge on any atom is -0.359 e. The van der Waals surface area contributed by atoms with E-state index in [-0.39, 0.29) is 0 Å². The summed E-state index contributed by atoms with van der Waals surface area (Å²) in [5.74, 6) is 0. The Morgan fingerprint density at radius 2 is 1.45 bits per heavy atom. The second-order valence-corrected chi connectivity index (χ2v) is 10.9. The number of anilines is 1. The van der Waals surface area contributed by atoms with Gasteiger partial charge in [-0.3, -0.25) is 0 Å². The van der Waals surface area contributed by atoms with Gasteiger partial charge in [0.05, 0.1) is 5.71 Å². The molecular weight excluding hydrogens is 284 g/mol. The Bertz CT molecular complexity index is 653. The Kier molecular flexibility index (Phi) is 5.34. The van der Waals surface area contributed by atoms with Gasteiger partial charge in [0.2, 0.25) is 0 Å². The largest absolute Gasteiger partial charge is 0.359 e. The first-order chi connectivity index (χ1) is 10.4. The minimum absolute atomic E-state index is 1.06. The van der Waals surface area contributed by atoms with E-state index in [0.29, 0.717) is 0 Å². The predicted octanol–water partition coefficient (Wildman–Crippen LogP) is 5.33. The van der Waals surface area contributed by atoms with Crippen LogP contribution in [-0.2, 0) is 0 Å². The molecule has 2 rings (SSSR count). The van der Waals surface area contributed by atoms with E-state index in [0.717, 1.165) is 17.1 Å². The lowest BCUT2D eigenvalue weighted by Gasteiger charge is -2.14. The van der Waals surface area contributed by atoms with Crippen LogP contribution in [0.4, 0.5) is 5.69 Å². The third-order valence-corrected chi connectivity index (χ3v) is 3.91. The number of benzene rings is 2. The fourth-order valence-corrected chi connectivity index (χ4v) is 3.06. The fourth-order valence-electron chi connectivity index (χ4n) is 2.14. The molecular formula is C19H24N2Si. The molecule has 2 nitrogen and oxygen atoms in total. The molecule has 0 saturated heterocycles. The third-order valence-electron chi connectivity index (χ3n) is 2.99. The van der Waals surface area contributed by atoms with Crippen molar-refractivity contribution in [3.05, 3.63) is 78.0 Å². The Balaban J connectivity index is 2.30. The van der Waals surface area contributed by atoms with Crippen LogP contribution in [0, 0.1) is 0 Å². The maximum absolute atomic E-state index is 5.00. The van der Waals surface area contributed by atoms with E-state index in [1.807, 2.05) is 24.3 Å². The summed E-state index contributed by atoms with van der Waals surface area (Å²) in [6, 6.07) is 20.6. The highest BCUT2D eigenvalue weighted by atomic mass is 28.3. The zero-order chi connectivity index (χ0) is 16.0. The normalized spacial score (nSPS) is 13.1. The van der Waals surface area contributed by atoms with E-state index >= 15 is 0 Å². The second kappa shape index (κ2) is 7.23. The Labute approximate surface area is 134 Å². The topological polar surface area (TPSA) is 24.4 Å². The maximum Gasteiger partial charge on any atom is 0.173 e. The lowest BCUT2D eigenvalue weighted by molar-refractivity contribution is 1.38. The summed E-state index contributed by atoms with van der Waals surface area (Å²) in [6.45, 7) is 8.84. The van der Waals surface area contributed by atoms with Gasteiger partial charge in [-0.15, -0.1) is 0 Å². The molecule has 2 aromatic carbocycles. The van der Waals surface area contributed by atoms with E-state index in [9.17, 15) is 0 Å². The summed E-state index contributed by atoms with van der Waals surface area (Å²) >= 11 is 0. The molecule has 0 fully saturated rings. The number of rotatable bonds is 5. The van der Waals surface area contributed by atoms with Crippen LogP contribution in [0.5, 0.6) is 0 Å². The summed E-state index contributed by atoms with van der Waals surface area (Å²) in [7, 11) is -1.55. The van der Waals surface area contributed by atoms with Crippen molar-refractivity contribution in [1.29, 1.82) is 0 Å². The van der Waals surface area contributed by atoms with Gasteiger partial charge in [0, 0.05) is 11.4 Å². The highest BCUT2D eigenvalue weighted by Crippen LogP contribution is 2.13. The van der Waals surface area contributed by atoms with Crippen molar-refractivity contribution in [3.8, 4) is 0 Å². The molecule has 3 heteroatoms. The van der Waals surface area contributed by atoms with Crippen LogP contribution in [0.25, 0.3) is 0 Å². The highest BCUT2D eigenvalue weighted by Gasteiger charge is 2.13. The molecule has 0 bridgehead atoms. The standard InChI is InChI=1S/C19H24N2Si/c1-16(20-18-13-9-6-10-14-18)15-19(21-22(2,3)4)17-11-7-5-8-12-17/h5-15,20H,1-4H3. The van der Waals surface area contributed by atoms with Crippen molar-refractivity contribution < 1.29 is 0 Å². The fraction of sp³-hybridized carbons (Fsp3) is 0.211. The lowest BCUT2D eigenvalue weighted by Crippen LogP contribution is -2.20. The summed E-state index contributed by atoms with van der Waals surface area (Å²) in [5.41, 5.74) is 4.41. The first kappa shape index (κ1) is 16.2. The molecule has 0 aliphatic heterocycles. The van der Waals surface area contributed by atoms with Gasteiger partial charge in [-0.1, -0.05) is 48.5 Å². The first-order valence-corrected chi connectivity index (χ1v) is 11.0. The van der Waals surface area contributed by atoms with E-state index in [1.165, 1.54) is 5.56 Å². The molecule has 22 heavy (non-hydrogen) atoms. The minimum atomic E-state index is -1.55. The molecule has 0 aromatic heterocycles. The summed E-state index contributed by atoms with van der Waals surface area (Å²) < 4.78 is 5.00. The van der Waals surface area contributed by atoms with Crippen LogP contribution in [-0.4, -0.2) is 13.9 Å². The van der Waals surface area contributed by atoms with Crippen molar-refractivity contribution in [2.45, 2.75) is 26.6 Å². The van der Waals surface area contributed by atoms with E-state index < -0.39 is 8.24 Å². The quantitative estimate of drug-likeness (QED) is 0.586. The van der Waals surface area contributed by atoms with Gasteiger partial charge in [-0.25, -0.2) is 0 Å². The average Bonchev–Trinajstić information content (AvgIpc) is 2.47. The van der Waals surface area contributed by atoms with Crippen molar-refractivity contribution in [2.24, 2.45) is 4.66 Å². The number of allylic oxidation sites excluding steroid dienone is 2. The van der Waals surface area contributed by atoms with Crippen LogP contribution >= 0.6 is 0 Å². The van der Waals surface area contributed by atoms with Crippen molar-refractivity contribution >= 4 is 19.6 Å². The van der Waals surface area contributed by atoms with Crippen LogP contribution in [0.3, 0.4) is 0 Å². The summed E-state index contributed by atoms with van der Waals surface area (Å²) in [5, 5.41) is 3.42. The Morgan fingerprint density at radius 1 is 0.909 bits per heavy atom. The maximum atomic E-state index is 5.00. The molecule has 0 aliphatic rings. The van der Waals surface area contributed by atoms with Gasteiger partial charge in [-0.2, -0.15) is 0 Å². The van der Waals surface area contributed by atoms with Gasteiger partial charge >= 0.3 is 0 Å². The number of nitrogens with zero attached hydrogens (tertiary/aromatic N) is 1. The zero-order valence-electron chi connectivity index (χ0n) is 13.8. The number of hydrogen-bond donors (Lipinski definition) is 1. The molecule has 114 valence electrons. The monoisotopic (exact) mass is 308 g/mol. The molecule has 0 aliphatic carbocycles. The number of para-hydroxylation sites is 1. The molecule has 0 atom stereocenters. The zero-order valence-corrected chi connectivity index (χ0v) is 14.8. The molecule has 0 unspecified atom stereocenters. The Morgan fingerprint density at radius 3 is 2.00 bits per heavy atom. The van der Waals surface area contributed by atoms with Crippen LogP contribution < -0.4 is 5.32 Å². The molecule has 0 radical (unpaired) electrons. The van der Waals surface area contributed by atoms with E-state index in [4.69, 9.17) is 4.66 Å². The van der Waals surface area contributed by atoms with Gasteiger partial charge in [0.25, 0.3) is 0 Å². The second-order valence-electron chi connectivity index (χ2n) is 6.35. The first-order valence-electron chi connectivity index (χ1n) is 7.60. The molecule has 0 spiro atoms.